The van der Waals surface area contributed by atoms with Crippen molar-refractivity contribution < 1.29 is 27.8 Å². The normalized spacial score (nSPS) is 17.0. The average Bonchev–Trinajstić information content (AvgIpc) is 2.72. The van der Waals surface area contributed by atoms with Crippen LogP contribution in [0.5, 0.6) is 5.75 Å². The van der Waals surface area contributed by atoms with Crippen LogP contribution >= 0.6 is 0 Å². The lowest BCUT2D eigenvalue weighted by Gasteiger charge is -2.22. The number of methoxy groups -OCH3 is 1. The molecule has 7 nitrogen and oxygen atoms in total. The van der Waals surface area contributed by atoms with Gasteiger partial charge in [-0.15, -0.1) is 0 Å². The van der Waals surface area contributed by atoms with Gasteiger partial charge in [0.2, 0.25) is 5.43 Å². The minimum absolute atomic E-state index is 0.0676. The molecular weight excluding hydrogens is 410 g/mol. The fourth-order valence-corrected chi connectivity index (χ4v) is 3.48. The van der Waals surface area contributed by atoms with E-state index in [1.54, 1.807) is 0 Å². The molecule has 1 amide bonds. The molecule has 1 atom stereocenters. The fourth-order valence-electron chi connectivity index (χ4n) is 3.48. The third-order valence-electron chi connectivity index (χ3n) is 5.06. The summed E-state index contributed by atoms with van der Waals surface area (Å²) in [5, 5.41) is 2.46. The Hall–Kier alpha value is -3.07. The van der Waals surface area contributed by atoms with Crippen molar-refractivity contribution in [2.24, 2.45) is 0 Å². The molecule has 0 saturated heterocycles. The number of hydrogen-bond acceptors (Lipinski definition) is 5. The molecule has 1 N–H and O–H groups in total. The van der Waals surface area contributed by atoms with Gasteiger partial charge in [0, 0.05) is 43.9 Å². The number of amides is 1. The van der Waals surface area contributed by atoms with Gasteiger partial charge in [-0.25, -0.2) is 8.78 Å². The summed E-state index contributed by atoms with van der Waals surface area (Å²) in [6.45, 7) is 2.34. The minimum Gasteiger partial charge on any atom is -0.491 e. The number of ether oxygens (including phenoxy) is 2. The molecule has 0 spiro atoms. The average molecular weight is 434 g/mol. The van der Waals surface area contributed by atoms with E-state index in [0.717, 1.165) is 12.5 Å². The van der Waals surface area contributed by atoms with Crippen LogP contribution < -0.4 is 15.5 Å². The molecule has 0 saturated carbocycles. The molecule has 1 aromatic carbocycles. The van der Waals surface area contributed by atoms with E-state index < -0.39 is 23.0 Å². The molecule has 1 unspecified atom stereocenters. The van der Waals surface area contributed by atoms with Crippen molar-refractivity contribution in [3.8, 4) is 5.75 Å². The summed E-state index contributed by atoms with van der Waals surface area (Å²) < 4.78 is 39.4. The second kappa shape index (κ2) is 9.82. The van der Waals surface area contributed by atoms with Crippen LogP contribution in [0.4, 0.5) is 8.78 Å². The third kappa shape index (κ3) is 5.16. The highest BCUT2D eigenvalue weighted by molar-refractivity contribution is 5.99. The van der Waals surface area contributed by atoms with Crippen LogP contribution in [0.25, 0.3) is 0 Å². The number of fused-ring (bicyclic) bond motifs is 1. The molecule has 2 heterocycles. The van der Waals surface area contributed by atoms with Gasteiger partial charge in [-0.05, 0) is 25.8 Å². The van der Waals surface area contributed by atoms with Crippen molar-refractivity contribution in [1.82, 2.24) is 9.88 Å². The van der Waals surface area contributed by atoms with Crippen LogP contribution in [0.3, 0.4) is 0 Å². The summed E-state index contributed by atoms with van der Waals surface area (Å²) in [5.41, 5.74) is -0.811. The number of nitrogens with one attached hydrogen (secondary N) is 1. The van der Waals surface area contributed by atoms with Crippen molar-refractivity contribution in [2.75, 3.05) is 13.7 Å². The smallest absolute Gasteiger partial charge is 0.257 e. The Balaban J connectivity index is 1.96. The number of rotatable bonds is 4. The number of hydrogen-bond donors (Lipinski definition) is 1. The zero-order chi connectivity index (χ0) is 22.5. The molecule has 2 aromatic rings. The second-order valence-electron chi connectivity index (χ2n) is 7.39. The lowest BCUT2D eigenvalue weighted by atomic mass is 10.1. The number of pyridine rings is 1. The quantitative estimate of drug-likeness (QED) is 0.800. The standard InChI is InChI=1S/C22H24F2N2O5/c1-13-11-26-12-16(22(29)25-10-14-6-7-15(23)9-17(14)24)20(28)21(30-2)19(26)18(27)5-3-4-8-31-13/h6-7,9,12-13H,3-5,8,10-11H2,1-2H3,(H,25,29). The van der Waals surface area contributed by atoms with Gasteiger partial charge in [-0.1, -0.05) is 6.07 Å². The zero-order valence-electron chi connectivity index (χ0n) is 17.4. The maximum absolute atomic E-state index is 13.8. The molecular formula is C22H24F2N2O5. The van der Waals surface area contributed by atoms with Gasteiger partial charge >= 0.3 is 0 Å². The zero-order valence-corrected chi connectivity index (χ0v) is 17.4. The first kappa shape index (κ1) is 22.6. The first-order chi connectivity index (χ1) is 14.8. The number of carbonyl (C=O) groups excluding carboxylic acids is 2. The van der Waals surface area contributed by atoms with E-state index in [1.807, 2.05) is 6.92 Å². The first-order valence-corrected chi connectivity index (χ1v) is 10.00. The Morgan fingerprint density at radius 2 is 2.06 bits per heavy atom. The van der Waals surface area contributed by atoms with Gasteiger partial charge in [-0.2, -0.15) is 0 Å². The van der Waals surface area contributed by atoms with Crippen LogP contribution in [-0.2, 0) is 17.8 Å². The monoisotopic (exact) mass is 434 g/mol. The fraction of sp³-hybridized carbons (Fsp3) is 0.409. The molecule has 166 valence electrons. The van der Waals surface area contributed by atoms with E-state index in [1.165, 1.54) is 23.9 Å². The summed E-state index contributed by atoms with van der Waals surface area (Å²) in [7, 11) is 1.26. The van der Waals surface area contributed by atoms with Crippen molar-refractivity contribution in [3.63, 3.8) is 0 Å². The SMILES string of the molecule is COc1c2n(cc(C(=O)NCc3ccc(F)cc3F)c1=O)CC(C)OCCCCC2=O. The molecule has 0 bridgehead atoms. The van der Waals surface area contributed by atoms with Crippen LogP contribution in [-0.4, -0.2) is 36.1 Å². The van der Waals surface area contributed by atoms with Gasteiger partial charge in [0.1, 0.15) is 22.9 Å². The van der Waals surface area contributed by atoms with Gasteiger partial charge < -0.3 is 19.4 Å². The number of benzene rings is 1. The van der Waals surface area contributed by atoms with Crippen molar-refractivity contribution in [3.05, 3.63) is 63.1 Å². The summed E-state index contributed by atoms with van der Waals surface area (Å²) in [6, 6.07) is 3.00. The van der Waals surface area contributed by atoms with Crippen LogP contribution in [0, 0.1) is 11.6 Å². The number of nitrogens with zero attached hydrogens (tertiary/aromatic N) is 1. The number of carbonyl (C=O) groups is 2. The molecule has 1 aromatic heterocycles. The predicted octanol–water partition coefficient (Wildman–Crippen LogP) is 2.84. The Morgan fingerprint density at radius 1 is 1.29 bits per heavy atom. The van der Waals surface area contributed by atoms with E-state index in [0.29, 0.717) is 19.1 Å². The molecule has 3 rings (SSSR count). The van der Waals surface area contributed by atoms with Crippen LogP contribution in [0.2, 0.25) is 0 Å². The Labute approximate surface area is 178 Å². The van der Waals surface area contributed by atoms with Crippen molar-refractivity contribution in [2.45, 2.75) is 45.4 Å². The largest absolute Gasteiger partial charge is 0.491 e. The number of ketones is 1. The molecule has 0 radical (unpaired) electrons. The van der Waals surface area contributed by atoms with Crippen LogP contribution in [0.15, 0.2) is 29.2 Å². The van der Waals surface area contributed by atoms with Crippen molar-refractivity contribution >= 4 is 11.7 Å². The molecule has 1 aliphatic rings. The highest BCUT2D eigenvalue weighted by atomic mass is 19.1. The summed E-state index contributed by atoms with van der Waals surface area (Å²) in [4.78, 5) is 38.4. The summed E-state index contributed by atoms with van der Waals surface area (Å²) >= 11 is 0. The highest BCUT2D eigenvalue weighted by Gasteiger charge is 2.26. The van der Waals surface area contributed by atoms with E-state index in [4.69, 9.17) is 9.47 Å². The molecule has 9 heteroatoms. The molecule has 0 aliphatic carbocycles. The Morgan fingerprint density at radius 3 is 2.77 bits per heavy atom. The maximum atomic E-state index is 13.8. The lowest BCUT2D eigenvalue weighted by Crippen LogP contribution is -2.33. The van der Waals surface area contributed by atoms with Gasteiger partial charge in [0.25, 0.3) is 5.91 Å². The van der Waals surface area contributed by atoms with Crippen LogP contribution in [0.1, 0.15) is 52.6 Å². The molecule has 31 heavy (non-hydrogen) atoms. The van der Waals surface area contributed by atoms with E-state index in [2.05, 4.69) is 5.32 Å². The Bertz CT molecular complexity index is 1050. The predicted molar refractivity (Wildman–Crippen MR) is 108 cm³/mol. The number of aromatic nitrogens is 1. The van der Waals surface area contributed by atoms with Gasteiger partial charge in [0.15, 0.2) is 11.5 Å². The molecule has 1 aliphatic heterocycles. The number of halogens is 2. The third-order valence-corrected chi connectivity index (χ3v) is 5.06. The van der Waals surface area contributed by atoms with E-state index in [-0.39, 0.29) is 54.0 Å². The summed E-state index contributed by atoms with van der Waals surface area (Å²) in [5.74, 6) is -2.76. The molecule has 0 fully saturated rings. The number of Topliss-reactive ketones (excluding diaryl/α,β-unsaturated/α-hetero) is 1. The lowest BCUT2D eigenvalue weighted by molar-refractivity contribution is 0.0485. The maximum Gasteiger partial charge on any atom is 0.257 e. The highest BCUT2D eigenvalue weighted by Crippen LogP contribution is 2.21. The second-order valence-corrected chi connectivity index (χ2v) is 7.39. The Kier molecular flexibility index (Phi) is 7.17. The van der Waals surface area contributed by atoms with E-state index in [9.17, 15) is 23.2 Å². The minimum atomic E-state index is -0.809. The van der Waals surface area contributed by atoms with Gasteiger partial charge in [-0.3, -0.25) is 14.4 Å². The topological polar surface area (TPSA) is 86.6 Å². The summed E-state index contributed by atoms with van der Waals surface area (Å²) in [6.07, 6.45) is 2.59. The van der Waals surface area contributed by atoms with Gasteiger partial charge in [0.05, 0.1) is 13.2 Å². The first-order valence-electron chi connectivity index (χ1n) is 10.00. The van der Waals surface area contributed by atoms with Crippen molar-refractivity contribution in [1.29, 1.82) is 0 Å². The van der Waals surface area contributed by atoms with E-state index >= 15 is 0 Å².